The van der Waals surface area contributed by atoms with Crippen molar-refractivity contribution in [2.75, 3.05) is 12.4 Å². The van der Waals surface area contributed by atoms with E-state index >= 15 is 0 Å². The molecule has 8 nitrogen and oxygen atoms in total. The molecule has 0 N–H and O–H groups in total. The molecule has 3 rings (SSSR count). The van der Waals surface area contributed by atoms with Crippen molar-refractivity contribution in [1.82, 2.24) is 14.8 Å². The Morgan fingerprint density at radius 3 is 2.62 bits per heavy atom. The molecule has 0 aliphatic rings. The van der Waals surface area contributed by atoms with E-state index in [1.165, 1.54) is 19.2 Å². The van der Waals surface area contributed by atoms with E-state index in [1.54, 1.807) is 0 Å². The van der Waals surface area contributed by atoms with E-state index in [9.17, 15) is 26.4 Å². The van der Waals surface area contributed by atoms with Gasteiger partial charge in [-0.25, -0.2) is 13.4 Å². The number of benzene rings is 1. The van der Waals surface area contributed by atoms with Gasteiger partial charge in [0, 0.05) is 17.9 Å². The Balaban J connectivity index is 2.16. The number of fused-ring (bicyclic) bond motifs is 1. The van der Waals surface area contributed by atoms with E-state index in [0.29, 0.717) is 17.2 Å². The molecule has 0 saturated heterocycles. The highest BCUT2D eigenvalue weighted by atomic mass is 32.2. The fourth-order valence-electron chi connectivity index (χ4n) is 2.85. The zero-order valence-corrected chi connectivity index (χ0v) is 17.6. The summed E-state index contributed by atoms with van der Waals surface area (Å²) >= 11 is 0. The first-order valence-electron chi connectivity index (χ1n) is 9.40. The molecule has 168 valence electrons. The standard InChI is InChI=1S/C20H17F3N4O4S/c1-2-32(29,30)17-10-15(31-8-4-3-7-24)12-25-18(17)27-19(28)16-9-14(20(21,22)23)6-5-13(16)11-26-27/h5-6,9-12H,2-4,8H2,1H3. The van der Waals surface area contributed by atoms with Crippen molar-refractivity contribution < 1.29 is 26.3 Å². The number of aromatic nitrogens is 3. The second kappa shape index (κ2) is 8.96. The Labute approximate surface area is 180 Å². The lowest BCUT2D eigenvalue weighted by Gasteiger charge is -2.13. The molecule has 0 atom stereocenters. The summed E-state index contributed by atoms with van der Waals surface area (Å²) in [5.74, 6) is -0.562. The second-order valence-corrected chi connectivity index (χ2v) is 8.91. The molecule has 0 spiro atoms. The van der Waals surface area contributed by atoms with Gasteiger partial charge in [-0.3, -0.25) is 4.79 Å². The Morgan fingerprint density at radius 1 is 1.22 bits per heavy atom. The minimum atomic E-state index is -4.66. The lowest BCUT2D eigenvalue weighted by Crippen LogP contribution is -2.25. The number of halogens is 3. The lowest BCUT2D eigenvalue weighted by molar-refractivity contribution is -0.137. The van der Waals surface area contributed by atoms with Crippen LogP contribution in [-0.4, -0.2) is 35.5 Å². The average Bonchev–Trinajstić information content (AvgIpc) is 2.76. The van der Waals surface area contributed by atoms with Crippen LogP contribution >= 0.6 is 0 Å². The third-order valence-corrected chi connectivity index (χ3v) is 6.27. The fraction of sp³-hybridized carbons (Fsp3) is 0.300. The highest BCUT2D eigenvalue weighted by Gasteiger charge is 2.31. The maximum absolute atomic E-state index is 13.1. The van der Waals surface area contributed by atoms with Crippen molar-refractivity contribution in [3.8, 4) is 17.6 Å². The van der Waals surface area contributed by atoms with Crippen LogP contribution in [0.2, 0.25) is 0 Å². The highest BCUT2D eigenvalue weighted by Crippen LogP contribution is 2.31. The van der Waals surface area contributed by atoms with Gasteiger partial charge < -0.3 is 4.74 Å². The van der Waals surface area contributed by atoms with Gasteiger partial charge >= 0.3 is 6.18 Å². The van der Waals surface area contributed by atoms with E-state index in [4.69, 9.17) is 10.00 Å². The molecule has 0 bridgehead atoms. The summed E-state index contributed by atoms with van der Waals surface area (Å²) in [6.45, 7) is 1.54. The first kappa shape index (κ1) is 23.2. The third kappa shape index (κ3) is 4.72. The van der Waals surface area contributed by atoms with Crippen molar-refractivity contribution in [3.05, 3.63) is 52.6 Å². The van der Waals surface area contributed by atoms with Gasteiger partial charge in [0.1, 0.15) is 10.6 Å². The van der Waals surface area contributed by atoms with Gasteiger partial charge in [0.05, 0.1) is 41.8 Å². The molecule has 0 amide bonds. The number of sulfone groups is 1. The van der Waals surface area contributed by atoms with Gasteiger partial charge in [0.25, 0.3) is 5.56 Å². The first-order valence-corrected chi connectivity index (χ1v) is 11.1. The topological polar surface area (TPSA) is 115 Å². The summed E-state index contributed by atoms with van der Waals surface area (Å²) in [5, 5.41) is 12.4. The van der Waals surface area contributed by atoms with Crippen LogP contribution in [0, 0.1) is 11.3 Å². The zero-order valence-electron chi connectivity index (χ0n) is 16.8. The van der Waals surface area contributed by atoms with Crippen LogP contribution in [0.5, 0.6) is 5.75 Å². The molecule has 0 aliphatic heterocycles. The molecule has 32 heavy (non-hydrogen) atoms. The SMILES string of the molecule is CCS(=O)(=O)c1cc(OCCCC#N)cnc1-n1ncc2ccc(C(F)(F)F)cc2c1=O. The van der Waals surface area contributed by atoms with Crippen LogP contribution in [0.3, 0.4) is 0 Å². The van der Waals surface area contributed by atoms with Gasteiger partial charge in [-0.1, -0.05) is 13.0 Å². The number of ether oxygens (including phenoxy) is 1. The van der Waals surface area contributed by atoms with Crippen molar-refractivity contribution in [2.45, 2.75) is 30.8 Å². The molecule has 0 aliphatic carbocycles. The molecule has 12 heteroatoms. The number of rotatable bonds is 7. The first-order chi connectivity index (χ1) is 15.1. The molecule has 3 aromatic rings. The molecule has 0 fully saturated rings. The Bertz CT molecular complexity index is 1360. The number of hydrogen-bond donors (Lipinski definition) is 0. The number of hydrogen-bond acceptors (Lipinski definition) is 7. The molecule has 0 saturated carbocycles. The predicted molar refractivity (Wildman–Crippen MR) is 108 cm³/mol. The zero-order chi connectivity index (χ0) is 23.5. The van der Waals surface area contributed by atoms with E-state index in [0.717, 1.165) is 18.3 Å². The number of pyridine rings is 1. The maximum atomic E-state index is 13.1. The van der Waals surface area contributed by atoms with Crippen molar-refractivity contribution in [1.29, 1.82) is 5.26 Å². The lowest BCUT2D eigenvalue weighted by atomic mass is 10.1. The van der Waals surface area contributed by atoms with Crippen molar-refractivity contribution in [2.24, 2.45) is 0 Å². The summed E-state index contributed by atoms with van der Waals surface area (Å²) in [7, 11) is -3.91. The summed E-state index contributed by atoms with van der Waals surface area (Å²) in [6.07, 6.45) is -1.65. The highest BCUT2D eigenvalue weighted by molar-refractivity contribution is 7.91. The van der Waals surface area contributed by atoms with Crippen molar-refractivity contribution in [3.63, 3.8) is 0 Å². The summed E-state index contributed by atoms with van der Waals surface area (Å²) < 4.78 is 70.6. The van der Waals surface area contributed by atoms with Crippen LogP contribution in [0.25, 0.3) is 16.6 Å². The summed E-state index contributed by atoms with van der Waals surface area (Å²) in [5.41, 5.74) is -1.97. The van der Waals surface area contributed by atoms with E-state index in [1.807, 2.05) is 6.07 Å². The smallest absolute Gasteiger partial charge is 0.416 e. The maximum Gasteiger partial charge on any atom is 0.416 e. The molecular formula is C20H17F3N4O4S. The molecular weight excluding hydrogens is 449 g/mol. The van der Waals surface area contributed by atoms with Crippen LogP contribution in [-0.2, 0) is 16.0 Å². The van der Waals surface area contributed by atoms with Crippen molar-refractivity contribution >= 4 is 20.6 Å². The normalized spacial score (nSPS) is 12.0. The van der Waals surface area contributed by atoms with Gasteiger partial charge in [0.15, 0.2) is 15.7 Å². The second-order valence-electron chi connectivity index (χ2n) is 6.67. The van der Waals surface area contributed by atoms with Crippen LogP contribution < -0.4 is 10.3 Å². The largest absolute Gasteiger partial charge is 0.492 e. The fourth-order valence-corrected chi connectivity index (χ4v) is 3.87. The van der Waals surface area contributed by atoms with Gasteiger partial charge in [-0.2, -0.15) is 28.2 Å². The molecule has 0 unspecified atom stereocenters. The number of alkyl halides is 3. The van der Waals surface area contributed by atoms with E-state index < -0.39 is 27.1 Å². The summed E-state index contributed by atoms with van der Waals surface area (Å²) in [4.78, 5) is 16.6. The Kier molecular flexibility index (Phi) is 6.50. The van der Waals surface area contributed by atoms with E-state index in [2.05, 4.69) is 10.1 Å². The minimum Gasteiger partial charge on any atom is -0.492 e. The molecule has 1 aromatic carbocycles. The Morgan fingerprint density at radius 2 is 1.97 bits per heavy atom. The quantitative estimate of drug-likeness (QED) is 0.491. The summed E-state index contributed by atoms with van der Waals surface area (Å²) in [6, 6.07) is 5.77. The number of unbranched alkanes of at least 4 members (excludes halogenated alkanes) is 1. The predicted octanol–water partition coefficient (Wildman–Crippen LogP) is 3.28. The van der Waals surface area contributed by atoms with Gasteiger partial charge in [0.2, 0.25) is 0 Å². The number of nitriles is 1. The van der Waals surface area contributed by atoms with Gasteiger partial charge in [-0.15, -0.1) is 0 Å². The molecule has 2 heterocycles. The average molecular weight is 466 g/mol. The van der Waals surface area contributed by atoms with Crippen LogP contribution in [0.1, 0.15) is 25.3 Å². The molecule has 2 aromatic heterocycles. The van der Waals surface area contributed by atoms with Crippen LogP contribution in [0.4, 0.5) is 13.2 Å². The third-order valence-electron chi connectivity index (χ3n) is 4.54. The van der Waals surface area contributed by atoms with Gasteiger partial charge in [-0.05, 0) is 18.6 Å². The number of nitrogens with zero attached hydrogens (tertiary/aromatic N) is 4. The van der Waals surface area contributed by atoms with E-state index in [-0.39, 0.29) is 46.0 Å². The minimum absolute atomic E-state index is 0.104. The monoisotopic (exact) mass is 466 g/mol. The van der Waals surface area contributed by atoms with Crippen LogP contribution in [0.15, 0.2) is 46.3 Å². The molecule has 0 radical (unpaired) electrons. The Hall–Kier alpha value is -3.46.